The van der Waals surface area contributed by atoms with Crippen molar-refractivity contribution in [1.29, 1.82) is 0 Å². The van der Waals surface area contributed by atoms with Gasteiger partial charge in [-0.05, 0) is 30.4 Å². The van der Waals surface area contributed by atoms with Crippen LogP contribution in [0.25, 0.3) is 0 Å². The molecule has 13 heteroatoms. The second-order valence-electron chi connectivity index (χ2n) is 6.32. The molecule has 0 spiro atoms. The Hall–Kier alpha value is -2.38. The second-order valence-corrected chi connectivity index (χ2v) is 9.77. The van der Waals surface area contributed by atoms with Crippen molar-refractivity contribution in [3.8, 4) is 0 Å². The Labute approximate surface area is 193 Å². The number of amides is 1. The smallest absolute Gasteiger partial charge is 0.240 e. The van der Waals surface area contributed by atoms with E-state index in [-0.39, 0.29) is 23.8 Å². The summed E-state index contributed by atoms with van der Waals surface area (Å²) in [5.41, 5.74) is 0.723. The van der Waals surface area contributed by atoms with Crippen LogP contribution < -0.4 is 10.0 Å². The number of allylic oxidation sites excluding steroid dienone is 1. The van der Waals surface area contributed by atoms with E-state index in [1.54, 1.807) is 18.2 Å². The topological polar surface area (TPSA) is 122 Å². The number of aromatic nitrogens is 4. The summed E-state index contributed by atoms with van der Waals surface area (Å²) < 4.78 is 29.2. The molecular weight excluding hydrogens is 480 g/mol. The molecule has 9 nitrogen and oxygen atoms in total. The van der Waals surface area contributed by atoms with Crippen molar-refractivity contribution in [2.75, 3.05) is 11.9 Å². The quantitative estimate of drug-likeness (QED) is 0.291. The first-order valence-corrected chi connectivity index (χ1v) is 12.2. The third-order valence-electron chi connectivity index (χ3n) is 4.04. The first-order valence-electron chi connectivity index (χ1n) is 9.03. The molecule has 0 bridgehead atoms. The molecule has 164 valence electrons. The van der Waals surface area contributed by atoms with Crippen molar-refractivity contribution in [3.05, 3.63) is 63.6 Å². The number of rotatable bonds is 10. The van der Waals surface area contributed by atoms with Crippen LogP contribution in [0.4, 0.5) is 5.13 Å². The van der Waals surface area contributed by atoms with Crippen LogP contribution in [-0.2, 0) is 27.8 Å². The lowest BCUT2D eigenvalue weighted by Gasteiger charge is -2.07. The van der Waals surface area contributed by atoms with Gasteiger partial charge < -0.3 is 5.32 Å². The number of H-pyrrole nitrogens is 1. The fourth-order valence-electron chi connectivity index (χ4n) is 2.61. The lowest BCUT2D eigenvalue weighted by Crippen LogP contribution is -2.27. The highest BCUT2D eigenvalue weighted by atomic mass is 35.5. The number of sulfonamides is 1. The number of hydrogen-bond donors (Lipinski definition) is 3. The van der Waals surface area contributed by atoms with E-state index in [0.29, 0.717) is 33.7 Å². The second kappa shape index (κ2) is 10.3. The Morgan fingerprint density at radius 2 is 2.23 bits per heavy atom. The number of carbonyl (C=O) groups is 1. The average Bonchev–Trinajstić information content (AvgIpc) is 3.29. The minimum absolute atomic E-state index is 0.0410. The van der Waals surface area contributed by atoms with E-state index in [1.165, 1.54) is 23.5 Å². The maximum Gasteiger partial charge on any atom is 0.240 e. The number of carbonyl (C=O) groups excluding carboxylic acids is 1. The molecule has 2 heterocycles. The molecular formula is C18H19ClN6O3S3. The third kappa shape index (κ3) is 6.31. The number of nitrogens with zero attached hydrogens (tertiary/aromatic N) is 3. The lowest BCUT2D eigenvalue weighted by molar-refractivity contribution is -0.116. The maximum atomic E-state index is 12.2. The Morgan fingerprint density at radius 3 is 2.97 bits per heavy atom. The lowest BCUT2D eigenvalue weighted by atomic mass is 10.3. The highest BCUT2D eigenvalue weighted by Crippen LogP contribution is 2.18. The van der Waals surface area contributed by atoms with E-state index < -0.39 is 10.0 Å². The number of nitrogens with one attached hydrogen (secondary N) is 3. The number of benzene rings is 1. The largest absolute Gasteiger partial charge is 0.302 e. The predicted molar refractivity (Wildman–Crippen MR) is 122 cm³/mol. The van der Waals surface area contributed by atoms with Crippen molar-refractivity contribution < 1.29 is 13.2 Å². The molecule has 3 aromatic rings. The molecule has 0 fully saturated rings. The van der Waals surface area contributed by atoms with E-state index in [9.17, 15) is 13.2 Å². The van der Waals surface area contributed by atoms with Gasteiger partial charge in [0.15, 0.2) is 9.90 Å². The SMILES string of the molecule is C=CCn1c(Cc2csc(NC(=O)CCNS(=O)(=O)c3cccc(Cl)c3)n2)n[nH]c1=S. The summed E-state index contributed by atoms with van der Waals surface area (Å²) in [5.74, 6) is 0.354. The van der Waals surface area contributed by atoms with Crippen molar-refractivity contribution in [2.24, 2.45) is 0 Å². The molecule has 0 unspecified atom stereocenters. The standard InChI is InChI=1S/C18H19ClN6O3S3/c1-2-8-25-15(23-24-18(25)29)10-13-11-30-17(21-13)22-16(26)6-7-20-31(27,28)14-5-3-4-12(19)9-14/h2-5,9,11,20H,1,6-8,10H2,(H,24,29)(H,21,22,26). The number of anilines is 1. The fraction of sp³-hybridized carbons (Fsp3) is 0.222. The van der Waals surface area contributed by atoms with Crippen LogP contribution in [-0.4, -0.2) is 40.6 Å². The van der Waals surface area contributed by atoms with Crippen LogP contribution in [0.5, 0.6) is 0 Å². The van der Waals surface area contributed by atoms with Gasteiger partial charge in [-0.15, -0.1) is 17.9 Å². The first kappa shape index (κ1) is 23.3. The summed E-state index contributed by atoms with van der Waals surface area (Å²) in [5, 5.41) is 12.2. The van der Waals surface area contributed by atoms with E-state index in [1.807, 2.05) is 9.95 Å². The van der Waals surface area contributed by atoms with Gasteiger partial charge in [-0.25, -0.2) is 18.1 Å². The molecule has 0 saturated heterocycles. The Morgan fingerprint density at radius 1 is 1.42 bits per heavy atom. The third-order valence-corrected chi connectivity index (χ3v) is 6.85. The zero-order valence-corrected chi connectivity index (χ0v) is 19.4. The van der Waals surface area contributed by atoms with Crippen LogP contribution in [0, 0.1) is 4.77 Å². The number of thiazole rings is 1. The Bertz CT molecular complexity index is 1250. The molecule has 0 aliphatic carbocycles. The van der Waals surface area contributed by atoms with E-state index >= 15 is 0 Å². The maximum absolute atomic E-state index is 12.2. The van der Waals surface area contributed by atoms with E-state index in [4.69, 9.17) is 23.8 Å². The van der Waals surface area contributed by atoms with Crippen LogP contribution >= 0.6 is 35.2 Å². The van der Waals surface area contributed by atoms with Crippen LogP contribution in [0.1, 0.15) is 17.9 Å². The van der Waals surface area contributed by atoms with Crippen LogP contribution in [0.15, 0.2) is 47.2 Å². The highest BCUT2D eigenvalue weighted by Gasteiger charge is 2.15. The first-order chi connectivity index (χ1) is 14.8. The van der Waals surface area contributed by atoms with E-state index in [0.717, 1.165) is 5.69 Å². The molecule has 2 aromatic heterocycles. The molecule has 0 saturated carbocycles. The number of hydrogen-bond acceptors (Lipinski definition) is 7. The van der Waals surface area contributed by atoms with Gasteiger partial charge in [-0.2, -0.15) is 5.10 Å². The van der Waals surface area contributed by atoms with Crippen LogP contribution in [0.2, 0.25) is 5.02 Å². The van der Waals surface area contributed by atoms with Gasteiger partial charge in [0.25, 0.3) is 0 Å². The monoisotopic (exact) mass is 498 g/mol. The van der Waals surface area contributed by atoms with Crippen molar-refractivity contribution in [3.63, 3.8) is 0 Å². The van der Waals surface area contributed by atoms with Gasteiger partial charge in [0.2, 0.25) is 15.9 Å². The molecule has 0 aliphatic rings. The Kier molecular flexibility index (Phi) is 7.73. The number of halogens is 1. The van der Waals surface area contributed by atoms with Gasteiger partial charge in [-0.3, -0.25) is 14.5 Å². The van der Waals surface area contributed by atoms with Gasteiger partial charge in [-0.1, -0.05) is 23.7 Å². The summed E-state index contributed by atoms with van der Waals surface area (Å²) in [6.07, 6.45) is 2.11. The molecule has 3 rings (SSSR count). The van der Waals surface area contributed by atoms with Gasteiger partial charge in [0.05, 0.1) is 17.0 Å². The molecule has 0 radical (unpaired) electrons. The van der Waals surface area contributed by atoms with Crippen molar-refractivity contribution in [1.82, 2.24) is 24.5 Å². The highest BCUT2D eigenvalue weighted by molar-refractivity contribution is 7.89. The molecule has 31 heavy (non-hydrogen) atoms. The van der Waals surface area contributed by atoms with Crippen LogP contribution in [0.3, 0.4) is 0 Å². The summed E-state index contributed by atoms with van der Waals surface area (Å²) in [6.45, 7) is 4.17. The molecule has 0 atom stereocenters. The molecule has 1 aromatic carbocycles. The Balaban J connectivity index is 1.52. The van der Waals surface area contributed by atoms with Gasteiger partial charge >= 0.3 is 0 Å². The average molecular weight is 499 g/mol. The predicted octanol–water partition coefficient (Wildman–Crippen LogP) is 3.13. The van der Waals surface area contributed by atoms with Gasteiger partial charge in [0.1, 0.15) is 5.82 Å². The fourth-order valence-corrected chi connectivity index (χ4v) is 4.89. The molecule has 0 aliphatic heterocycles. The van der Waals surface area contributed by atoms with Gasteiger partial charge in [0, 0.05) is 29.9 Å². The van der Waals surface area contributed by atoms with Crippen molar-refractivity contribution in [2.45, 2.75) is 24.3 Å². The summed E-state index contributed by atoms with van der Waals surface area (Å²) in [4.78, 5) is 16.6. The zero-order valence-electron chi connectivity index (χ0n) is 16.2. The number of aromatic amines is 1. The minimum atomic E-state index is -3.74. The normalized spacial score (nSPS) is 11.4. The molecule has 3 N–H and O–H groups in total. The zero-order chi connectivity index (χ0) is 22.4. The summed E-state index contributed by atoms with van der Waals surface area (Å²) >= 11 is 12.3. The van der Waals surface area contributed by atoms with Crippen molar-refractivity contribution >= 4 is 56.2 Å². The minimum Gasteiger partial charge on any atom is -0.302 e. The van der Waals surface area contributed by atoms with E-state index in [2.05, 4.69) is 31.8 Å². The summed E-state index contributed by atoms with van der Waals surface area (Å²) in [7, 11) is -3.74. The summed E-state index contributed by atoms with van der Waals surface area (Å²) in [6, 6.07) is 5.89. The molecule has 1 amide bonds.